The maximum atomic E-state index is 13.0. The van der Waals surface area contributed by atoms with E-state index in [0.29, 0.717) is 36.5 Å². The van der Waals surface area contributed by atoms with Crippen LogP contribution in [-0.2, 0) is 11.3 Å². The highest BCUT2D eigenvalue weighted by Crippen LogP contribution is 2.31. The van der Waals surface area contributed by atoms with E-state index in [1.54, 1.807) is 6.07 Å². The molecule has 0 bridgehead atoms. The standard InChI is InChI=1S/C20H31N3O3/c1-14(2)12-21-19(24)18-11-17(26-22-18)13-23(16-9-5-6-10-16)20(25)15-7-3-4-8-15/h11,14-16H,3-10,12-13H2,1-2H3,(H,21,24). The summed E-state index contributed by atoms with van der Waals surface area (Å²) in [6.07, 6.45) is 8.79. The molecule has 1 aromatic heterocycles. The molecule has 6 nitrogen and oxygen atoms in total. The lowest BCUT2D eigenvalue weighted by molar-refractivity contribution is -0.138. The second-order valence-electron chi connectivity index (χ2n) is 8.17. The lowest BCUT2D eigenvalue weighted by atomic mass is 10.0. The molecule has 26 heavy (non-hydrogen) atoms. The van der Waals surface area contributed by atoms with Crippen molar-refractivity contribution in [2.24, 2.45) is 11.8 Å². The zero-order valence-electron chi connectivity index (χ0n) is 16.0. The van der Waals surface area contributed by atoms with Gasteiger partial charge in [-0.25, -0.2) is 0 Å². The van der Waals surface area contributed by atoms with Gasteiger partial charge in [0.2, 0.25) is 5.91 Å². The van der Waals surface area contributed by atoms with E-state index in [0.717, 1.165) is 38.5 Å². The van der Waals surface area contributed by atoms with Gasteiger partial charge in [-0.1, -0.05) is 44.7 Å². The Balaban J connectivity index is 1.66. The minimum atomic E-state index is -0.219. The molecular formula is C20H31N3O3. The fourth-order valence-electron chi connectivity index (χ4n) is 4.06. The molecule has 2 aliphatic rings. The van der Waals surface area contributed by atoms with E-state index in [2.05, 4.69) is 10.5 Å². The number of hydrogen-bond acceptors (Lipinski definition) is 4. The quantitative estimate of drug-likeness (QED) is 0.806. The first-order valence-electron chi connectivity index (χ1n) is 10.1. The third-order valence-corrected chi connectivity index (χ3v) is 5.54. The average Bonchev–Trinajstić information content (AvgIpc) is 3.38. The van der Waals surface area contributed by atoms with Gasteiger partial charge in [-0.3, -0.25) is 9.59 Å². The number of nitrogens with zero attached hydrogens (tertiary/aromatic N) is 2. The third kappa shape index (κ3) is 4.65. The Morgan fingerprint density at radius 3 is 2.50 bits per heavy atom. The van der Waals surface area contributed by atoms with Gasteiger partial charge in [-0.2, -0.15) is 0 Å². The number of rotatable bonds is 7. The van der Waals surface area contributed by atoms with Crippen molar-refractivity contribution in [2.75, 3.05) is 6.54 Å². The molecule has 1 N–H and O–H groups in total. The van der Waals surface area contributed by atoms with Gasteiger partial charge in [0.25, 0.3) is 5.91 Å². The highest BCUT2D eigenvalue weighted by Gasteiger charge is 2.33. The molecule has 2 amide bonds. The second-order valence-corrected chi connectivity index (χ2v) is 8.17. The molecule has 0 radical (unpaired) electrons. The summed E-state index contributed by atoms with van der Waals surface area (Å²) in [5.74, 6) is 1.18. The second kappa shape index (κ2) is 8.69. The predicted octanol–water partition coefficient (Wildman–Crippen LogP) is 3.52. The first-order valence-corrected chi connectivity index (χ1v) is 10.1. The molecule has 144 valence electrons. The van der Waals surface area contributed by atoms with Crippen molar-refractivity contribution in [3.8, 4) is 0 Å². The van der Waals surface area contributed by atoms with Crippen molar-refractivity contribution in [3.63, 3.8) is 0 Å². The Morgan fingerprint density at radius 2 is 1.85 bits per heavy atom. The van der Waals surface area contributed by atoms with Crippen LogP contribution in [0.25, 0.3) is 0 Å². The Labute approximate surface area is 155 Å². The number of carbonyl (C=O) groups excluding carboxylic acids is 2. The molecule has 0 saturated heterocycles. The normalized spacial score (nSPS) is 18.6. The zero-order valence-corrected chi connectivity index (χ0v) is 16.0. The summed E-state index contributed by atoms with van der Waals surface area (Å²) in [5, 5.41) is 6.75. The van der Waals surface area contributed by atoms with Crippen molar-refractivity contribution in [1.29, 1.82) is 0 Å². The molecule has 2 aliphatic carbocycles. The first-order chi connectivity index (χ1) is 12.5. The summed E-state index contributed by atoms with van der Waals surface area (Å²) in [7, 11) is 0. The van der Waals surface area contributed by atoms with E-state index in [1.165, 1.54) is 12.8 Å². The number of hydrogen-bond donors (Lipinski definition) is 1. The monoisotopic (exact) mass is 361 g/mol. The molecule has 1 aromatic rings. The van der Waals surface area contributed by atoms with Gasteiger partial charge >= 0.3 is 0 Å². The highest BCUT2D eigenvalue weighted by atomic mass is 16.5. The number of nitrogens with one attached hydrogen (secondary N) is 1. The van der Waals surface area contributed by atoms with Crippen LogP contribution in [0.3, 0.4) is 0 Å². The summed E-state index contributed by atoms with van der Waals surface area (Å²) in [6.45, 7) is 5.12. The summed E-state index contributed by atoms with van der Waals surface area (Å²) < 4.78 is 5.39. The Hall–Kier alpha value is -1.85. The number of amides is 2. The lowest BCUT2D eigenvalue weighted by Gasteiger charge is -2.30. The molecular weight excluding hydrogens is 330 g/mol. The zero-order chi connectivity index (χ0) is 18.5. The van der Waals surface area contributed by atoms with E-state index in [-0.39, 0.29) is 17.7 Å². The van der Waals surface area contributed by atoms with Crippen LogP contribution >= 0.6 is 0 Å². The van der Waals surface area contributed by atoms with Crippen molar-refractivity contribution in [2.45, 2.75) is 77.8 Å². The number of aromatic nitrogens is 1. The molecule has 0 aromatic carbocycles. The van der Waals surface area contributed by atoms with Crippen LogP contribution < -0.4 is 5.32 Å². The molecule has 0 spiro atoms. The van der Waals surface area contributed by atoms with Gasteiger partial charge in [0.1, 0.15) is 0 Å². The molecule has 0 aliphatic heterocycles. The fraction of sp³-hybridized carbons (Fsp3) is 0.750. The summed E-state index contributed by atoms with van der Waals surface area (Å²) >= 11 is 0. The summed E-state index contributed by atoms with van der Waals surface area (Å²) in [4.78, 5) is 27.2. The summed E-state index contributed by atoms with van der Waals surface area (Å²) in [5.41, 5.74) is 0.292. The van der Waals surface area contributed by atoms with E-state index in [4.69, 9.17) is 4.52 Å². The van der Waals surface area contributed by atoms with Crippen LogP contribution in [-0.4, -0.2) is 34.5 Å². The van der Waals surface area contributed by atoms with Crippen LogP contribution in [0.5, 0.6) is 0 Å². The Bertz CT molecular complexity index is 614. The van der Waals surface area contributed by atoms with Gasteiger partial charge in [-0.15, -0.1) is 0 Å². The van der Waals surface area contributed by atoms with Gasteiger partial charge in [-0.05, 0) is 31.6 Å². The van der Waals surface area contributed by atoms with Crippen LogP contribution in [0.2, 0.25) is 0 Å². The first kappa shape index (κ1) is 18.9. The third-order valence-electron chi connectivity index (χ3n) is 5.54. The van der Waals surface area contributed by atoms with Crippen LogP contribution in [0, 0.1) is 11.8 Å². The van der Waals surface area contributed by atoms with Crippen molar-refractivity contribution < 1.29 is 14.1 Å². The molecule has 1 heterocycles. The molecule has 2 saturated carbocycles. The molecule has 3 rings (SSSR count). The molecule has 0 atom stereocenters. The lowest BCUT2D eigenvalue weighted by Crippen LogP contribution is -2.41. The van der Waals surface area contributed by atoms with E-state index in [9.17, 15) is 9.59 Å². The minimum Gasteiger partial charge on any atom is -0.359 e. The van der Waals surface area contributed by atoms with Crippen LogP contribution in [0.15, 0.2) is 10.6 Å². The maximum Gasteiger partial charge on any atom is 0.273 e. The van der Waals surface area contributed by atoms with Gasteiger partial charge in [0.15, 0.2) is 11.5 Å². The SMILES string of the molecule is CC(C)CNC(=O)c1cc(CN(C(=O)C2CCCC2)C2CCCC2)on1. The minimum absolute atomic E-state index is 0.160. The van der Waals surface area contributed by atoms with E-state index in [1.807, 2.05) is 18.7 Å². The van der Waals surface area contributed by atoms with E-state index < -0.39 is 0 Å². The van der Waals surface area contributed by atoms with Crippen LogP contribution in [0.4, 0.5) is 0 Å². The van der Waals surface area contributed by atoms with Crippen molar-refractivity contribution >= 4 is 11.8 Å². The smallest absolute Gasteiger partial charge is 0.273 e. The predicted molar refractivity (Wildman–Crippen MR) is 98.4 cm³/mol. The van der Waals surface area contributed by atoms with Crippen LogP contribution in [0.1, 0.15) is 81.5 Å². The fourth-order valence-corrected chi connectivity index (χ4v) is 4.06. The van der Waals surface area contributed by atoms with Gasteiger partial charge in [0, 0.05) is 24.6 Å². The Morgan fingerprint density at radius 1 is 1.19 bits per heavy atom. The Kier molecular flexibility index (Phi) is 6.33. The largest absolute Gasteiger partial charge is 0.359 e. The number of carbonyl (C=O) groups is 2. The summed E-state index contributed by atoms with van der Waals surface area (Å²) in [6, 6.07) is 1.98. The molecule has 2 fully saturated rings. The topological polar surface area (TPSA) is 75.4 Å². The van der Waals surface area contributed by atoms with Gasteiger partial charge < -0.3 is 14.7 Å². The maximum absolute atomic E-state index is 13.0. The van der Waals surface area contributed by atoms with Crippen molar-refractivity contribution in [3.05, 3.63) is 17.5 Å². The van der Waals surface area contributed by atoms with Gasteiger partial charge in [0.05, 0.1) is 6.54 Å². The van der Waals surface area contributed by atoms with Crippen molar-refractivity contribution in [1.82, 2.24) is 15.4 Å². The molecule has 0 unspecified atom stereocenters. The van der Waals surface area contributed by atoms with E-state index >= 15 is 0 Å². The average molecular weight is 361 g/mol. The molecule has 6 heteroatoms. The highest BCUT2D eigenvalue weighted by molar-refractivity contribution is 5.92.